The molecular formula is C8H16N2O2S. The third-order valence-electron chi connectivity index (χ3n) is 2.05. The average Bonchev–Trinajstić information content (AvgIpc) is 2.15. The topological polar surface area (TPSA) is 78.3 Å². The maximum absolute atomic E-state index is 10.6. The summed E-state index contributed by atoms with van der Waals surface area (Å²) in [4.78, 5) is 10.6. The van der Waals surface area contributed by atoms with E-state index in [0.717, 1.165) is 26.1 Å². The lowest BCUT2D eigenvalue weighted by Gasteiger charge is -2.22. The Morgan fingerprint density at radius 2 is 2.15 bits per heavy atom. The van der Waals surface area contributed by atoms with Gasteiger partial charge in [0.1, 0.15) is 0 Å². The predicted octanol–water partition coefficient (Wildman–Crippen LogP) is -0.289. The molecule has 1 saturated heterocycles. The van der Waals surface area contributed by atoms with Crippen LogP contribution in [0.5, 0.6) is 0 Å². The molecule has 4 nitrogen and oxygen atoms in total. The van der Waals surface area contributed by atoms with E-state index in [1.807, 2.05) is 0 Å². The Kier molecular flexibility index (Phi) is 4.55. The lowest BCUT2D eigenvalue weighted by atomic mass is 10.2. The van der Waals surface area contributed by atoms with E-state index in [1.165, 1.54) is 0 Å². The number of hydrogen-bond acceptors (Lipinski definition) is 4. The van der Waals surface area contributed by atoms with Crippen LogP contribution in [-0.2, 0) is 9.53 Å². The van der Waals surface area contributed by atoms with Gasteiger partial charge in [-0.2, -0.15) is 11.8 Å². The molecule has 1 aliphatic heterocycles. The van der Waals surface area contributed by atoms with Gasteiger partial charge in [0.2, 0.25) is 5.91 Å². The number of amides is 1. The van der Waals surface area contributed by atoms with Crippen molar-refractivity contribution in [2.24, 2.45) is 11.5 Å². The van der Waals surface area contributed by atoms with Crippen molar-refractivity contribution in [3.05, 3.63) is 0 Å². The minimum Gasteiger partial charge on any atom is -0.381 e. The number of carbonyl (C=O) groups is 1. The Morgan fingerprint density at radius 3 is 2.69 bits per heavy atom. The Bertz CT molecular complexity index is 172. The third kappa shape index (κ3) is 3.97. The molecule has 0 aromatic carbocycles. The summed E-state index contributed by atoms with van der Waals surface area (Å²) in [5, 5.41) is 0.583. The van der Waals surface area contributed by atoms with Crippen LogP contribution in [-0.4, -0.2) is 36.2 Å². The van der Waals surface area contributed by atoms with Crippen LogP contribution in [0.4, 0.5) is 0 Å². The number of ether oxygens (including phenoxy) is 1. The van der Waals surface area contributed by atoms with Crippen LogP contribution < -0.4 is 11.5 Å². The smallest absolute Gasteiger partial charge is 0.235 e. The van der Waals surface area contributed by atoms with Gasteiger partial charge in [0.25, 0.3) is 0 Å². The van der Waals surface area contributed by atoms with Crippen molar-refractivity contribution in [3.63, 3.8) is 0 Å². The van der Waals surface area contributed by atoms with Crippen LogP contribution in [0.15, 0.2) is 0 Å². The molecule has 4 N–H and O–H groups in total. The molecular weight excluding hydrogens is 188 g/mol. The second-order valence-electron chi connectivity index (χ2n) is 3.15. The molecule has 0 saturated carbocycles. The molecule has 76 valence electrons. The molecule has 0 bridgehead atoms. The number of thioether (sulfide) groups is 1. The average molecular weight is 204 g/mol. The summed E-state index contributed by atoms with van der Waals surface area (Å²) in [5.74, 6) is 0.208. The van der Waals surface area contributed by atoms with E-state index in [4.69, 9.17) is 16.2 Å². The van der Waals surface area contributed by atoms with Gasteiger partial charge in [0.05, 0.1) is 6.04 Å². The van der Waals surface area contributed by atoms with Crippen molar-refractivity contribution in [1.82, 2.24) is 0 Å². The highest BCUT2D eigenvalue weighted by atomic mass is 32.2. The Morgan fingerprint density at radius 1 is 1.54 bits per heavy atom. The fourth-order valence-electron chi connectivity index (χ4n) is 1.16. The standard InChI is InChI=1S/C8H16N2O2S/c9-7(8(10)11)5-13-6-1-3-12-4-2-6/h6-7H,1-5,9H2,(H2,10,11). The Hall–Kier alpha value is -0.260. The number of rotatable bonds is 4. The summed E-state index contributed by atoms with van der Waals surface area (Å²) in [6.45, 7) is 1.65. The number of carbonyl (C=O) groups excluding carboxylic acids is 1. The summed E-state index contributed by atoms with van der Waals surface area (Å²) in [7, 11) is 0. The molecule has 0 spiro atoms. The van der Waals surface area contributed by atoms with Gasteiger partial charge in [-0.15, -0.1) is 0 Å². The molecule has 0 aromatic heterocycles. The zero-order valence-corrected chi connectivity index (χ0v) is 8.39. The first-order chi connectivity index (χ1) is 6.20. The van der Waals surface area contributed by atoms with Crippen molar-refractivity contribution in [3.8, 4) is 0 Å². The predicted molar refractivity (Wildman–Crippen MR) is 53.5 cm³/mol. The highest BCUT2D eigenvalue weighted by molar-refractivity contribution is 7.99. The van der Waals surface area contributed by atoms with Gasteiger partial charge in [-0.3, -0.25) is 4.79 Å². The van der Waals surface area contributed by atoms with E-state index in [0.29, 0.717) is 11.0 Å². The maximum Gasteiger partial charge on any atom is 0.235 e. The summed E-state index contributed by atoms with van der Waals surface area (Å²) in [6, 6.07) is -0.507. The molecule has 1 aliphatic rings. The first-order valence-electron chi connectivity index (χ1n) is 4.44. The van der Waals surface area contributed by atoms with Crippen LogP contribution in [0.3, 0.4) is 0 Å². The van der Waals surface area contributed by atoms with Gasteiger partial charge in [-0.25, -0.2) is 0 Å². The fraction of sp³-hybridized carbons (Fsp3) is 0.875. The highest BCUT2D eigenvalue weighted by Crippen LogP contribution is 2.21. The molecule has 1 rings (SSSR count). The summed E-state index contributed by atoms with van der Waals surface area (Å²) < 4.78 is 5.22. The monoisotopic (exact) mass is 204 g/mol. The van der Waals surface area contributed by atoms with Crippen molar-refractivity contribution < 1.29 is 9.53 Å². The molecule has 5 heteroatoms. The molecule has 0 aromatic rings. The SMILES string of the molecule is NC(=O)C(N)CSC1CCOCC1. The highest BCUT2D eigenvalue weighted by Gasteiger charge is 2.17. The second kappa shape index (κ2) is 5.47. The van der Waals surface area contributed by atoms with Crippen molar-refractivity contribution in [2.75, 3.05) is 19.0 Å². The van der Waals surface area contributed by atoms with Gasteiger partial charge in [0.15, 0.2) is 0 Å². The molecule has 1 unspecified atom stereocenters. The molecule has 0 radical (unpaired) electrons. The zero-order valence-electron chi connectivity index (χ0n) is 7.57. The number of hydrogen-bond donors (Lipinski definition) is 2. The van der Waals surface area contributed by atoms with Gasteiger partial charge >= 0.3 is 0 Å². The van der Waals surface area contributed by atoms with E-state index in [9.17, 15) is 4.79 Å². The Labute approximate surface area is 82.4 Å². The van der Waals surface area contributed by atoms with E-state index in [2.05, 4.69) is 0 Å². The second-order valence-corrected chi connectivity index (χ2v) is 4.49. The van der Waals surface area contributed by atoms with E-state index in [1.54, 1.807) is 11.8 Å². The van der Waals surface area contributed by atoms with E-state index >= 15 is 0 Å². The summed E-state index contributed by atoms with van der Waals surface area (Å²) in [5.41, 5.74) is 10.6. The molecule has 1 fully saturated rings. The molecule has 1 atom stereocenters. The van der Waals surface area contributed by atoms with Gasteiger partial charge in [-0.05, 0) is 12.8 Å². The van der Waals surface area contributed by atoms with Gasteiger partial charge < -0.3 is 16.2 Å². The summed E-state index contributed by atoms with van der Waals surface area (Å²) >= 11 is 1.73. The largest absolute Gasteiger partial charge is 0.381 e. The minimum atomic E-state index is -0.507. The van der Waals surface area contributed by atoms with Crippen LogP contribution in [0.1, 0.15) is 12.8 Å². The van der Waals surface area contributed by atoms with Crippen LogP contribution in [0, 0.1) is 0 Å². The minimum absolute atomic E-state index is 0.417. The van der Waals surface area contributed by atoms with Crippen molar-refractivity contribution >= 4 is 17.7 Å². The van der Waals surface area contributed by atoms with Gasteiger partial charge in [0, 0.05) is 24.2 Å². The lowest BCUT2D eigenvalue weighted by molar-refractivity contribution is -0.118. The first-order valence-corrected chi connectivity index (χ1v) is 5.49. The maximum atomic E-state index is 10.6. The van der Waals surface area contributed by atoms with E-state index in [-0.39, 0.29) is 0 Å². The molecule has 1 heterocycles. The Balaban J connectivity index is 2.13. The van der Waals surface area contributed by atoms with Crippen molar-refractivity contribution in [2.45, 2.75) is 24.1 Å². The molecule has 13 heavy (non-hydrogen) atoms. The number of nitrogens with two attached hydrogens (primary N) is 2. The van der Waals surface area contributed by atoms with Gasteiger partial charge in [-0.1, -0.05) is 0 Å². The van der Waals surface area contributed by atoms with Crippen LogP contribution in [0.2, 0.25) is 0 Å². The van der Waals surface area contributed by atoms with Crippen molar-refractivity contribution in [1.29, 1.82) is 0 Å². The molecule has 1 amide bonds. The zero-order chi connectivity index (χ0) is 9.68. The quantitative estimate of drug-likeness (QED) is 0.659. The normalized spacial score (nSPS) is 21.3. The lowest BCUT2D eigenvalue weighted by Crippen LogP contribution is -2.39. The van der Waals surface area contributed by atoms with Crippen LogP contribution >= 0.6 is 11.8 Å². The van der Waals surface area contributed by atoms with E-state index < -0.39 is 11.9 Å². The molecule has 0 aliphatic carbocycles. The first kappa shape index (κ1) is 10.8. The summed E-state index contributed by atoms with van der Waals surface area (Å²) in [6.07, 6.45) is 2.10. The van der Waals surface area contributed by atoms with Crippen LogP contribution in [0.25, 0.3) is 0 Å². The fourth-order valence-corrected chi connectivity index (χ4v) is 2.33. The number of primary amides is 1. The third-order valence-corrected chi connectivity index (χ3v) is 3.54.